The summed E-state index contributed by atoms with van der Waals surface area (Å²) < 4.78 is 1.65. The third kappa shape index (κ3) is 2.44. The van der Waals surface area contributed by atoms with Gasteiger partial charge in [-0.25, -0.2) is 0 Å². The zero-order valence-electron chi connectivity index (χ0n) is 10.8. The number of para-hydroxylation sites is 2. The van der Waals surface area contributed by atoms with Crippen molar-refractivity contribution in [2.45, 2.75) is 6.54 Å². The van der Waals surface area contributed by atoms with Crippen molar-refractivity contribution in [3.63, 3.8) is 0 Å². The van der Waals surface area contributed by atoms with Gasteiger partial charge in [0.05, 0.1) is 5.69 Å². The number of nitrogens with one attached hydrogen (secondary N) is 1. The largest absolute Gasteiger partial charge is 0.398 e. The lowest BCUT2D eigenvalue weighted by atomic mass is 10.2. The van der Waals surface area contributed by atoms with Crippen molar-refractivity contribution in [2.24, 2.45) is 0 Å². The van der Waals surface area contributed by atoms with E-state index >= 15 is 0 Å². The van der Waals surface area contributed by atoms with Crippen molar-refractivity contribution >= 4 is 11.6 Å². The van der Waals surface area contributed by atoms with Crippen LogP contribution in [0.25, 0.3) is 5.69 Å². The van der Waals surface area contributed by atoms with Crippen molar-refractivity contribution in [1.29, 1.82) is 0 Å². The SMILES string of the molecule is Nc1ccccc1CNc1nnnn1-c1ccccc1. The standard InChI is InChI=1S/C14H14N6/c15-13-9-5-4-6-11(13)10-16-14-17-18-19-20(14)12-7-2-1-3-8-12/h1-9H,10,15H2,(H,16,17,19). The molecule has 3 rings (SSSR count). The van der Waals surface area contributed by atoms with Crippen LogP contribution >= 0.6 is 0 Å². The third-order valence-electron chi connectivity index (χ3n) is 2.96. The predicted octanol–water partition coefficient (Wildman–Crippen LogP) is 1.86. The highest BCUT2D eigenvalue weighted by Gasteiger charge is 2.07. The summed E-state index contributed by atoms with van der Waals surface area (Å²) in [5.74, 6) is 0.583. The minimum absolute atomic E-state index is 0.569. The van der Waals surface area contributed by atoms with Crippen LogP contribution in [0.15, 0.2) is 54.6 Å². The van der Waals surface area contributed by atoms with Crippen molar-refractivity contribution in [1.82, 2.24) is 20.2 Å². The summed E-state index contributed by atoms with van der Waals surface area (Å²) in [6.07, 6.45) is 0. The van der Waals surface area contributed by atoms with Crippen LogP contribution < -0.4 is 11.1 Å². The monoisotopic (exact) mass is 266 g/mol. The van der Waals surface area contributed by atoms with Crippen molar-refractivity contribution in [3.8, 4) is 5.69 Å². The minimum Gasteiger partial charge on any atom is -0.398 e. The highest BCUT2D eigenvalue weighted by atomic mass is 15.6. The van der Waals surface area contributed by atoms with E-state index in [0.717, 1.165) is 16.9 Å². The number of nitrogens with zero attached hydrogens (tertiary/aromatic N) is 4. The van der Waals surface area contributed by atoms with Gasteiger partial charge >= 0.3 is 0 Å². The van der Waals surface area contributed by atoms with E-state index in [1.165, 1.54) is 0 Å². The van der Waals surface area contributed by atoms with Crippen LogP contribution in [0.5, 0.6) is 0 Å². The maximum atomic E-state index is 5.91. The Labute approximate surface area is 116 Å². The van der Waals surface area contributed by atoms with Gasteiger partial charge < -0.3 is 11.1 Å². The highest BCUT2D eigenvalue weighted by Crippen LogP contribution is 2.14. The first-order valence-corrected chi connectivity index (χ1v) is 6.25. The summed E-state index contributed by atoms with van der Waals surface area (Å²) in [7, 11) is 0. The van der Waals surface area contributed by atoms with Gasteiger partial charge in [0.2, 0.25) is 5.95 Å². The molecule has 0 fully saturated rings. The molecule has 100 valence electrons. The fourth-order valence-electron chi connectivity index (χ4n) is 1.91. The number of hydrogen-bond donors (Lipinski definition) is 2. The van der Waals surface area contributed by atoms with Crippen LogP contribution in [0, 0.1) is 0 Å². The lowest BCUT2D eigenvalue weighted by Gasteiger charge is -2.08. The number of tetrazole rings is 1. The van der Waals surface area contributed by atoms with E-state index in [0.29, 0.717) is 12.5 Å². The van der Waals surface area contributed by atoms with Gasteiger partial charge in [-0.3, -0.25) is 0 Å². The molecular formula is C14H14N6. The zero-order valence-corrected chi connectivity index (χ0v) is 10.8. The summed E-state index contributed by atoms with van der Waals surface area (Å²) in [4.78, 5) is 0. The molecule has 0 atom stereocenters. The van der Waals surface area contributed by atoms with Crippen LogP contribution in [0.4, 0.5) is 11.6 Å². The molecule has 6 nitrogen and oxygen atoms in total. The number of nitrogens with two attached hydrogens (primary N) is 1. The number of rotatable bonds is 4. The normalized spacial score (nSPS) is 10.4. The molecule has 1 heterocycles. The van der Waals surface area contributed by atoms with E-state index in [4.69, 9.17) is 5.73 Å². The summed E-state index contributed by atoms with van der Waals surface area (Å²) in [6, 6.07) is 17.4. The second kappa shape index (κ2) is 5.40. The molecule has 6 heteroatoms. The van der Waals surface area contributed by atoms with E-state index in [1.807, 2.05) is 54.6 Å². The summed E-state index contributed by atoms with van der Waals surface area (Å²) in [5.41, 5.74) is 8.57. The first kappa shape index (κ1) is 12.2. The summed E-state index contributed by atoms with van der Waals surface area (Å²) >= 11 is 0. The van der Waals surface area contributed by atoms with Gasteiger partial charge in [0.1, 0.15) is 0 Å². The molecule has 20 heavy (non-hydrogen) atoms. The molecule has 3 aromatic rings. The Hall–Kier alpha value is -2.89. The maximum Gasteiger partial charge on any atom is 0.248 e. The van der Waals surface area contributed by atoms with E-state index in [1.54, 1.807) is 4.68 Å². The Morgan fingerprint density at radius 2 is 1.75 bits per heavy atom. The molecule has 0 unspecified atom stereocenters. The molecule has 0 aliphatic rings. The Morgan fingerprint density at radius 3 is 2.55 bits per heavy atom. The number of anilines is 2. The highest BCUT2D eigenvalue weighted by molar-refractivity contribution is 5.48. The van der Waals surface area contributed by atoms with Crippen LogP contribution in [0.3, 0.4) is 0 Å². The van der Waals surface area contributed by atoms with Crippen LogP contribution in [0.2, 0.25) is 0 Å². The average Bonchev–Trinajstić information content (AvgIpc) is 2.96. The summed E-state index contributed by atoms with van der Waals surface area (Å²) in [5, 5.41) is 14.9. The third-order valence-corrected chi connectivity index (χ3v) is 2.96. The predicted molar refractivity (Wildman–Crippen MR) is 77.3 cm³/mol. The van der Waals surface area contributed by atoms with Gasteiger partial charge in [0.25, 0.3) is 0 Å². The molecule has 0 spiro atoms. The number of hydrogen-bond acceptors (Lipinski definition) is 5. The van der Waals surface area contributed by atoms with Gasteiger partial charge in [-0.2, -0.15) is 4.68 Å². The van der Waals surface area contributed by atoms with E-state index < -0.39 is 0 Å². The van der Waals surface area contributed by atoms with Crippen LogP contribution in [0.1, 0.15) is 5.56 Å². The first-order valence-electron chi connectivity index (χ1n) is 6.25. The molecule has 2 aromatic carbocycles. The van der Waals surface area contributed by atoms with Gasteiger partial charge in [0, 0.05) is 12.2 Å². The van der Waals surface area contributed by atoms with Gasteiger partial charge in [-0.15, -0.1) is 0 Å². The molecule has 1 aromatic heterocycles. The lowest BCUT2D eigenvalue weighted by Crippen LogP contribution is -2.08. The molecule has 0 amide bonds. The number of benzene rings is 2. The average molecular weight is 266 g/mol. The Morgan fingerprint density at radius 1 is 1.00 bits per heavy atom. The smallest absolute Gasteiger partial charge is 0.248 e. The van der Waals surface area contributed by atoms with Crippen LogP contribution in [-0.4, -0.2) is 20.2 Å². The molecule has 3 N–H and O–H groups in total. The second-order valence-electron chi connectivity index (χ2n) is 4.30. The van der Waals surface area contributed by atoms with Gasteiger partial charge in [-0.05, 0) is 34.2 Å². The van der Waals surface area contributed by atoms with Crippen LogP contribution in [-0.2, 0) is 6.54 Å². The Balaban J connectivity index is 1.80. The van der Waals surface area contributed by atoms with Crippen molar-refractivity contribution < 1.29 is 0 Å². The Bertz CT molecular complexity index is 692. The fraction of sp³-hybridized carbons (Fsp3) is 0.0714. The first-order chi connectivity index (χ1) is 9.84. The lowest BCUT2D eigenvalue weighted by molar-refractivity contribution is 0.789. The molecule has 0 saturated heterocycles. The van der Waals surface area contributed by atoms with Crippen molar-refractivity contribution in [2.75, 3.05) is 11.1 Å². The number of aromatic nitrogens is 4. The van der Waals surface area contributed by atoms with Gasteiger partial charge in [0.15, 0.2) is 0 Å². The zero-order chi connectivity index (χ0) is 13.8. The van der Waals surface area contributed by atoms with Crippen molar-refractivity contribution in [3.05, 3.63) is 60.2 Å². The Kier molecular flexibility index (Phi) is 3.28. The minimum atomic E-state index is 0.569. The number of nitrogen functional groups attached to an aromatic ring is 1. The maximum absolute atomic E-state index is 5.91. The molecular weight excluding hydrogens is 252 g/mol. The molecule has 0 radical (unpaired) electrons. The fourth-order valence-corrected chi connectivity index (χ4v) is 1.91. The van der Waals surface area contributed by atoms with E-state index in [2.05, 4.69) is 20.8 Å². The molecule has 0 aliphatic heterocycles. The van der Waals surface area contributed by atoms with Gasteiger partial charge in [-0.1, -0.05) is 41.5 Å². The molecule has 0 bridgehead atoms. The van der Waals surface area contributed by atoms with E-state index in [-0.39, 0.29) is 0 Å². The second-order valence-corrected chi connectivity index (χ2v) is 4.30. The topological polar surface area (TPSA) is 81.7 Å². The molecule has 0 saturated carbocycles. The molecule has 0 aliphatic carbocycles. The quantitative estimate of drug-likeness (QED) is 0.704. The van der Waals surface area contributed by atoms with E-state index in [9.17, 15) is 0 Å². The summed E-state index contributed by atoms with van der Waals surface area (Å²) in [6.45, 7) is 0.569.